The van der Waals surface area contributed by atoms with Crippen molar-refractivity contribution < 1.29 is 14.3 Å². The molecule has 0 N–H and O–H groups in total. The van der Waals surface area contributed by atoms with Crippen molar-refractivity contribution in [1.29, 1.82) is 0 Å². The second kappa shape index (κ2) is 5.50. The number of thioether (sulfide) groups is 1. The molecule has 0 spiro atoms. The van der Waals surface area contributed by atoms with E-state index in [1.807, 2.05) is 11.8 Å². The van der Waals surface area contributed by atoms with Crippen LogP contribution in [0, 0.1) is 0 Å². The molecule has 0 aliphatic carbocycles. The lowest BCUT2D eigenvalue weighted by atomic mass is 10.3. The highest BCUT2D eigenvalue weighted by Gasteiger charge is 2.20. The number of rotatable bonds is 4. The SMILES string of the molecule is COC(=O)CC(C)SC1CCOC1. The molecule has 1 saturated heterocycles. The van der Waals surface area contributed by atoms with Crippen LogP contribution in [0.15, 0.2) is 0 Å². The third-order valence-electron chi connectivity index (χ3n) is 1.99. The van der Waals surface area contributed by atoms with E-state index in [-0.39, 0.29) is 5.97 Å². The van der Waals surface area contributed by atoms with Gasteiger partial charge in [-0.15, -0.1) is 0 Å². The Morgan fingerprint density at radius 2 is 2.54 bits per heavy atom. The molecule has 2 unspecified atom stereocenters. The maximum Gasteiger partial charge on any atom is 0.306 e. The van der Waals surface area contributed by atoms with Gasteiger partial charge >= 0.3 is 5.97 Å². The highest BCUT2D eigenvalue weighted by molar-refractivity contribution is 8.00. The van der Waals surface area contributed by atoms with E-state index in [4.69, 9.17) is 4.74 Å². The minimum absolute atomic E-state index is 0.126. The van der Waals surface area contributed by atoms with Gasteiger partial charge in [-0.05, 0) is 6.42 Å². The van der Waals surface area contributed by atoms with Gasteiger partial charge in [-0.25, -0.2) is 0 Å². The molecular weight excluding hydrogens is 188 g/mol. The van der Waals surface area contributed by atoms with E-state index >= 15 is 0 Å². The number of ether oxygens (including phenoxy) is 2. The van der Waals surface area contributed by atoms with E-state index in [1.165, 1.54) is 7.11 Å². The lowest BCUT2D eigenvalue weighted by Gasteiger charge is -2.13. The van der Waals surface area contributed by atoms with E-state index in [1.54, 1.807) is 0 Å². The summed E-state index contributed by atoms with van der Waals surface area (Å²) in [4.78, 5) is 10.9. The van der Waals surface area contributed by atoms with E-state index in [0.717, 1.165) is 19.6 Å². The van der Waals surface area contributed by atoms with Crippen LogP contribution < -0.4 is 0 Å². The van der Waals surface area contributed by atoms with Crippen LogP contribution >= 0.6 is 11.8 Å². The third-order valence-corrected chi connectivity index (χ3v) is 3.38. The molecule has 0 aromatic rings. The van der Waals surface area contributed by atoms with Crippen LogP contribution in [0.1, 0.15) is 19.8 Å². The van der Waals surface area contributed by atoms with Crippen LogP contribution in [0.4, 0.5) is 0 Å². The fourth-order valence-corrected chi connectivity index (χ4v) is 2.61. The molecule has 1 aliphatic rings. The molecule has 2 atom stereocenters. The van der Waals surface area contributed by atoms with Gasteiger partial charge in [-0.1, -0.05) is 6.92 Å². The summed E-state index contributed by atoms with van der Waals surface area (Å²) in [5.41, 5.74) is 0. The maximum atomic E-state index is 10.9. The molecular formula is C9H16O3S. The summed E-state index contributed by atoms with van der Waals surface area (Å²) in [5.74, 6) is -0.126. The third kappa shape index (κ3) is 4.00. The van der Waals surface area contributed by atoms with Crippen molar-refractivity contribution in [3.8, 4) is 0 Å². The van der Waals surface area contributed by atoms with Crippen LogP contribution in [0.5, 0.6) is 0 Å². The summed E-state index contributed by atoms with van der Waals surface area (Å²) in [6.07, 6.45) is 1.61. The van der Waals surface area contributed by atoms with Crippen LogP contribution in [0.3, 0.4) is 0 Å². The van der Waals surface area contributed by atoms with Gasteiger partial charge < -0.3 is 9.47 Å². The van der Waals surface area contributed by atoms with E-state index in [9.17, 15) is 4.79 Å². The first-order valence-corrected chi connectivity index (χ1v) is 5.46. The van der Waals surface area contributed by atoms with Gasteiger partial charge in [0.15, 0.2) is 0 Å². The predicted molar refractivity (Wildman–Crippen MR) is 52.9 cm³/mol. The summed E-state index contributed by atoms with van der Waals surface area (Å²) in [6, 6.07) is 0. The van der Waals surface area contributed by atoms with Gasteiger partial charge in [0.1, 0.15) is 0 Å². The van der Waals surface area contributed by atoms with Crippen molar-refractivity contribution in [2.75, 3.05) is 20.3 Å². The monoisotopic (exact) mass is 204 g/mol. The van der Waals surface area contributed by atoms with Crippen molar-refractivity contribution in [2.24, 2.45) is 0 Å². The molecule has 3 nitrogen and oxygen atoms in total. The van der Waals surface area contributed by atoms with Crippen molar-refractivity contribution in [3.63, 3.8) is 0 Å². The van der Waals surface area contributed by atoms with E-state index in [2.05, 4.69) is 11.7 Å². The number of methoxy groups -OCH3 is 1. The number of esters is 1. The van der Waals surface area contributed by atoms with Crippen LogP contribution in [0.2, 0.25) is 0 Å². The molecule has 0 bridgehead atoms. The first-order valence-electron chi connectivity index (χ1n) is 4.52. The number of carbonyl (C=O) groups excluding carboxylic acids is 1. The van der Waals surface area contributed by atoms with Crippen LogP contribution in [-0.4, -0.2) is 36.8 Å². The Morgan fingerprint density at radius 3 is 3.08 bits per heavy atom. The Hall–Kier alpha value is -0.220. The Balaban J connectivity index is 2.16. The molecule has 0 aromatic heterocycles. The topological polar surface area (TPSA) is 35.5 Å². The van der Waals surface area contributed by atoms with Gasteiger partial charge in [-0.2, -0.15) is 11.8 Å². The first kappa shape index (κ1) is 10.9. The zero-order valence-electron chi connectivity index (χ0n) is 8.12. The second-order valence-corrected chi connectivity index (χ2v) is 4.96. The maximum absolute atomic E-state index is 10.9. The highest BCUT2D eigenvalue weighted by Crippen LogP contribution is 2.26. The average molecular weight is 204 g/mol. The van der Waals surface area contributed by atoms with Gasteiger partial charge in [0.2, 0.25) is 0 Å². The lowest BCUT2D eigenvalue weighted by molar-refractivity contribution is -0.140. The molecule has 0 amide bonds. The zero-order valence-corrected chi connectivity index (χ0v) is 8.93. The van der Waals surface area contributed by atoms with Crippen molar-refractivity contribution >= 4 is 17.7 Å². The lowest BCUT2D eigenvalue weighted by Crippen LogP contribution is -2.13. The Kier molecular flexibility index (Phi) is 4.59. The Morgan fingerprint density at radius 1 is 1.77 bits per heavy atom. The Labute approximate surface area is 83.2 Å². The smallest absolute Gasteiger partial charge is 0.306 e. The fraction of sp³-hybridized carbons (Fsp3) is 0.889. The minimum atomic E-state index is -0.126. The van der Waals surface area contributed by atoms with E-state index in [0.29, 0.717) is 16.9 Å². The van der Waals surface area contributed by atoms with Crippen LogP contribution in [0.25, 0.3) is 0 Å². The molecule has 0 aromatic carbocycles. The molecule has 13 heavy (non-hydrogen) atoms. The summed E-state index contributed by atoms with van der Waals surface area (Å²) < 4.78 is 9.85. The standard InChI is InChI=1S/C9H16O3S/c1-7(5-9(10)11-2)13-8-3-4-12-6-8/h7-8H,3-6H2,1-2H3. The Bertz CT molecular complexity index is 166. The first-order chi connectivity index (χ1) is 6.22. The molecule has 76 valence electrons. The molecule has 4 heteroatoms. The minimum Gasteiger partial charge on any atom is -0.469 e. The summed E-state index contributed by atoms with van der Waals surface area (Å²) in [7, 11) is 1.43. The highest BCUT2D eigenvalue weighted by atomic mass is 32.2. The summed E-state index contributed by atoms with van der Waals surface area (Å²) in [6.45, 7) is 3.75. The van der Waals surface area contributed by atoms with Crippen molar-refractivity contribution in [2.45, 2.75) is 30.3 Å². The molecule has 1 heterocycles. The van der Waals surface area contributed by atoms with Gasteiger partial charge in [0, 0.05) is 17.1 Å². The van der Waals surface area contributed by atoms with E-state index < -0.39 is 0 Å². The quantitative estimate of drug-likeness (QED) is 0.649. The molecule has 0 saturated carbocycles. The average Bonchev–Trinajstić information content (AvgIpc) is 2.56. The predicted octanol–water partition coefficient (Wildman–Crippen LogP) is 1.46. The number of hydrogen-bond acceptors (Lipinski definition) is 4. The zero-order chi connectivity index (χ0) is 9.68. The van der Waals surface area contributed by atoms with Crippen molar-refractivity contribution in [3.05, 3.63) is 0 Å². The molecule has 0 radical (unpaired) electrons. The summed E-state index contributed by atoms with van der Waals surface area (Å²) >= 11 is 1.83. The summed E-state index contributed by atoms with van der Waals surface area (Å²) in [5, 5.41) is 0.902. The molecule has 1 fully saturated rings. The molecule has 1 rings (SSSR count). The van der Waals surface area contributed by atoms with Gasteiger partial charge in [0.25, 0.3) is 0 Å². The number of carbonyl (C=O) groups is 1. The van der Waals surface area contributed by atoms with Crippen molar-refractivity contribution in [1.82, 2.24) is 0 Å². The van der Waals surface area contributed by atoms with Crippen LogP contribution in [-0.2, 0) is 14.3 Å². The van der Waals surface area contributed by atoms with Gasteiger partial charge in [0.05, 0.1) is 20.1 Å². The normalized spacial score (nSPS) is 24.3. The fourth-order valence-electron chi connectivity index (χ4n) is 1.31. The van der Waals surface area contributed by atoms with Gasteiger partial charge in [-0.3, -0.25) is 4.79 Å². The largest absolute Gasteiger partial charge is 0.469 e. The number of hydrogen-bond donors (Lipinski definition) is 0. The molecule has 1 aliphatic heterocycles. The second-order valence-electron chi connectivity index (χ2n) is 3.21.